The Kier molecular flexibility index (Phi) is 4.70. The lowest BCUT2D eigenvalue weighted by Gasteiger charge is -2.15. The van der Waals surface area contributed by atoms with E-state index in [1.807, 2.05) is 19.1 Å². The number of carbonyl (C=O) groups excluding carboxylic acids is 1. The molecule has 0 aliphatic rings. The highest BCUT2D eigenvalue weighted by Crippen LogP contribution is 2.24. The molecule has 0 spiro atoms. The van der Waals surface area contributed by atoms with Crippen molar-refractivity contribution in [3.05, 3.63) is 58.6 Å². The second-order valence-electron chi connectivity index (χ2n) is 4.63. The van der Waals surface area contributed by atoms with Crippen molar-refractivity contribution >= 4 is 17.5 Å². The summed E-state index contributed by atoms with van der Waals surface area (Å²) < 4.78 is 4.99. The average molecular weight is 306 g/mol. The number of hydrogen-bond donors (Lipinski definition) is 2. The topological polar surface area (TPSA) is 58.6 Å². The number of amides is 1. The smallest absolute Gasteiger partial charge is 0.255 e. The Morgan fingerprint density at radius 3 is 2.48 bits per heavy atom. The summed E-state index contributed by atoms with van der Waals surface area (Å²) in [7, 11) is 1.50. The Morgan fingerprint density at radius 1 is 1.24 bits per heavy atom. The van der Waals surface area contributed by atoms with Gasteiger partial charge >= 0.3 is 0 Å². The van der Waals surface area contributed by atoms with E-state index in [1.54, 1.807) is 18.2 Å². The first-order valence-electron chi connectivity index (χ1n) is 6.44. The molecule has 1 unspecified atom stereocenters. The van der Waals surface area contributed by atoms with Gasteiger partial charge in [0.2, 0.25) is 0 Å². The van der Waals surface area contributed by atoms with Gasteiger partial charge in [-0.3, -0.25) is 4.79 Å². The van der Waals surface area contributed by atoms with E-state index in [-0.39, 0.29) is 23.3 Å². The van der Waals surface area contributed by atoms with Crippen molar-refractivity contribution in [1.82, 2.24) is 5.32 Å². The third-order valence-electron chi connectivity index (χ3n) is 3.17. The summed E-state index contributed by atoms with van der Waals surface area (Å²) in [6.45, 7) is 1.86. The fourth-order valence-corrected chi connectivity index (χ4v) is 2.07. The second kappa shape index (κ2) is 6.50. The number of benzene rings is 2. The zero-order chi connectivity index (χ0) is 15.4. The molecule has 0 saturated carbocycles. The number of phenolic OH excluding ortho intramolecular Hbond substituents is 1. The molecule has 2 aromatic rings. The van der Waals surface area contributed by atoms with Crippen LogP contribution < -0.4 is 10.1 Å². The fraction of sp³-hybridized carbons (Fsp3) is 0.188. The molecule has 1 atom stereocenters. The van der Waals surface area contributed by atoms with Crippen molar-refractivity contribution in [3.8, 4) is 11.5 Å². The van der Waals surface area contributed by atoms with Crippen LogP contribution in [0.3, 0.4) is 0 Å². The third-order valence-corrected chi connectivity index (χ3v) is 3.42. The molecule has 1 amide bonds. The maximum absolute atomic E-state index is 12.2. The first kappa shape index (κ1) is 15.2. The fourth-order valence-electron chi connectivity index (χ4n) is 1.94. The Labute approximate surface area is 128 Å². The molecule has 0 saturated heterocycles. The van der Waals surface area contributed by atoms with Crippen molar-refractivity contribution in [2.24, 2.45) is 0 Å². The summed E-state index contributed by atoms with van der Waals surface area (Å²) in [5, 5.41) is 13.3. The third kappa shape index (κ3) is 3.67. The minimum atomic E-state index is -0.349. The van der Waals surface area contributed by atoms with Crippen LogP contribution in [-0.4, -0.2) is 18.1 Å². The van der Waals surface area contributed by atoms with Gasteiger partial charge < -0.3 is 15.2 Å². The Balaban J connectivity index is 2.12. The molecule has 0 heterocycles. The summed E-state index contributed by atoms with van der Waals surface area (Å²) in [5.41, 5.74) is 1.14. The van der Waals surface area contributed by atoms with E-state index in [4.69, 9.17) is 16.3 Å². The lowest BCUT2D eigenvalue weighted by Crippen LogP contribution is -2.26. The largest absolute Gasteiger partial charge is 0.507 e. The zero-order valence-corrected chi connectivity index (χ0v) is 12.5. The van der Waals surface area contributed by atoms with Gasteiger partial charge in [0.25, 0.3) is 5.91 Å². The van der Waals surface area contributed by atoms with Crippen LogP contribution in [0.15, 0.2) is 42.5 Å². The number of rotatable bonds is 4. The molecule has 0 aliphatic heterocycles. The molecule has 0 bridgehead atoms. The summed E-state index contributed by atoms with van der Waals surface area (Å²) in [4.78, 5) is 12.2. The minimum absolute atomic E-state index is 0.116. The van der Waals surface area contributed by atoms with E-state index in [2.05, 4.69) is 5.32 Å². The van der Waals surface area contributed by atoms with Crippen LogP contribution in [0.5, 0.6) is 11.5 Å². The van der Waals surface area contributed by atoms with Crippen LogP contribution in [0.25, 0.3) is 0 Å². The highest BCUT2D eigenvalue weighted by molar-refractivity contribution is 6.30. The zero-order valence-electron chi connectivity index (χ0n) is 11.8. The van der Waals surface area contributed by atoms with Crippen molar-refractivity contribution in [2.45, 2.75) is 13.0 Å². The Morgan fingerprint density at radius 2 is 1.90 bits per heavy atom. The van der Waals surface area contributed by atoms with Crippen molar-refractivity contribution in [2.75, 3.05) is 7.11 Å². The first-order chi connectivity index (χ1) is 10.0. The van der Waals surface area contributed by atoms with E-state index < -0.39 is 0 Å². The molecule has 0 aliphatic carbocycles. The maximum Gasteiger partial charge on any atom is 0.255 e. The quantitative estimate of drug-likeness (QED) is 0.908. The van der Waals surface area contributed by atoms with Gasteiger partial charge in [0, 0.05) is 11.1 Å². The highest BCUT2D eigenvalue weighted by atomic mass is 35.5. The van der Waals surface area contributed by atoms with E-state index in [0.717, 1.165) is 5.56 Å². The molecular formula is C16H16ClNO3. The number of nitrogens with one attached hydrogen (secondary N) is 1. The van der Waals surface area contributed by atoms with E-state index >= 15 is 0 Å². The summed E-state index contributed by atoms with van der Waals surface area (Å²) >= 11 is 5.84. The number of halogens is 1. The molecular weight excluding hydrogens is 290 g/mol. The molecule has 0 fully saturated rings. The molecule has 2 N–H and O–H groups in total. The van der Waals surface area contributed by atoms with Gasteiger partial charge in [-0.2, -0.15) is 0 Å². The summed E-state index contributed by atoms with van der Waals surface area (Å²) in [6, 6.07) is 11.6. The van der Waals surface area contributed by atoms with Gasteiger partial charge in [-0.1, -0.05) is 23.7 Å². The number of phenols is 1. The van der Waals surface area contributed by atoms with Crippen molar-refractivity contribution in [1.29, 1.82) is 0 Å². The number of hydrogen-bond acceptors (Lipinski definition) is 3. The first-order valence-corrected chi connectivity index (χ1v) is 6.82. The summed E-state index contributed by atoms with van der Waals surface area (Å²) in [6.07, 6.45) is 0. The number of methoxy groups -OCH3 is 1. The van der Waals surface area contributed by atoms with E-state index in [0.29, 0.717) is 10.8 Å². The van der Waals surface area contributed by atoms with Crippen LogP contribution in [0.2, 0.25) is 5.02 Å². The lowest BCUT2D eigenvalue weighted by molar-refractivity contribution is 0.0937. The van der Waals surface area contributed by atoms with Crippen molar-refractivity contribution in [3.63, 3.8) is 0 Å². The van der Waals surface area contributed by atoms with E-state index in [9.17, 15) is 9.90 Å². The van der Waals surface area contributed by atoms with E-state index in [1.165, 1.54) is 19.2 Å². The number of carbonyl (C=O) groups is 1. The van der Waals surface area contributed by atoms with Crippen molar-refractivity contribution < 1.29 is 14.6 Å². The highest BCUT2D eigenvalue weighted by Gasteiger charge is 2.15. The van der Waals surface area contributed by atoms with Crippen LogP contribution in [0.1, 0.15) is 28.9 Å². The van der Waals surface area contributed by atoms with Crippen LogP contribution in [-0.2, 0) is 0 Å². The predicted octanol–water partition coefficient (Wildman–Crippen LogP) is 3.55. The second-order valence-corrected chi connectivity index (χ2v) is 5.07. The molecule has 5 heteroatoms. The molecule has 0 radical (unpaired) electrons. The van der Waals surface area contributed by atoms with Crippen LogP contribution in [0.4, 0.5) is 0 Å². The monoisotopic (exact) mass is 305 g/mol. The van der Waals surface area contributed by atoms with Gasteiger partial charge in [0.1, 0.15) is 11.5 Å². The molecule has 0 aromatic heterocycles. The molecule has 2 aromatic carbocycles. The van der Waals surface area contributed by atoms with Gasteiger partial charge in [-0.15, -0.1) is 0 Å². The van der Waals surface area contributed by atoms with Gasteiger partial charge in [0.15, 0.2) is 0 Å². The molecule has 2 rings (SSSR count). The average Bonchev–Trinajstić information content (AvgIpc) is 2.47. The number of aromatic hydroxyl groups is 1. The van der Waals surface area contributed by atoms with Crippen LogP contribution >= 0.6 is 11.6 Å². The number of ether oxygens (including phenoxy) is 1. The molecule has 4 nitrogen and oxygen atoms in total. The Bertz CT molecular complexity index is 640. The van der Waals surface area contributed by atoms with Gasteiger partial charge in [-0.05, 0) is 36.8 Å². The maximum atomic E-state index is 12.2. The van der Waals surface area contributed by atoms with Gasteiger partial charge in [-0.25, -0.2) is 0 Å². The van der Waals surface area contributed by atoms with Crippen LogP contribution in [0, 0.1) is 0 Å². The SMILES string of the molecule is COc1ccc(C(=O)NC(C)c2ccc(Cl)cc2)c(O)c1. The lowest BCUT2D eigenvalue weighted by atomic mass is 10.1. The standard InChI is InChI=1S/C16H16ClNO3/c1-10(11-3-5-12(17)6-4-11)18-16(20)14-8-7-13(21-2)9-15(14)19/h3-10,19H,1-2H3,(H,18,20). The summed E-state index contributed by atoms with van der Waals surface area (Å²) in [5.74, 6) is 0.0301. The predicted molar refractivity (Wildman–Crippen MR) is 82.0 cm³/mol. The normalized spacial score (nSPS) is 11.8. The Hall–Kier alpha value is -2.20. The van der Waals surface area contributed by atoms with Gasteiger partial charge in [0.05, 0.1) is 18.7 Å². The minimum Gasteiger partial charge on any atom is -0.507 e. The molecule has 21 heavy (non-hydrogen) atoms. The molecule has 110 valence electrons.